The summed E-state index contributed by atoms with van der Waals surface area (Å²) >= 11 is 16.3. The number of alkyl halides is 3. The van der Waals surface area contributed by atoms with Crippen molar-refractivity contribution < 1.29 is 28.6 Å². The van der Waals surface area contributed by atoms with E-state index in [0.29, 0.717) is 0 Å². The zero-order valence-electron chi connectivity index (χ0n) is 15.3. The molecule has 1 rings (SSSR count). The van der Waals surface area contributed by atoms with Crippen LogP contribution in [0, 0.1) is 0 Å². The van der Waals surface area contributed by atoms with E-state index in [-0.39, 0.29) is 31.6 Å². The Hall–Kier alpha value is -1.76. The molecule has 0 radical (unpaired) electrons. The van der Waals surface area contributed by atoms with Gasteiger partial charge in [-0.3, -0.25) is 9.59 Å². The molecule has 0 saturated carbocycles. The molecule has 0 fully saturated rings. The molecule has 0 amide bonds. The van der Waals surface area contributed by atoms with E-state index in [1.807, 2.05) is 31.2 Å². The van der Waals surface area contributed by atoms with Gasteiger partial charge in [-0.25, -0.2) is 4.79 Å². The summed E-state index contributed by atoms with van der Waals surface area (Å²) in [5, 5.41) is 0. The highest BCUT2D eigenvalue weighted by molar-refractivity contribution is 6.67. The van der Waals surface area contributed by atoms with Gasteiger partial charge in [-0.15, -0.1) is 0 Å². The maximum Gasteiger partial charge on any atom is 0.334 e. The number of carbonyl (C=O) groups excluding carboxylic acids is 3. The zero-order chi connectivity index (χ0) is 21.2. The van der Waals surface area contributed by atoms with Gasteiger partial charge in [-0.2, -0.15) is 0 Å². The SMILES string of the molecule is C=C(CC(=O)OCc1ccc(CC)cc1)C(=O)OCCC(=O)OCC(Cl)(Cl)Cl. The van der Waals surface area contributed by atoms with Crippen LogP contribution in [0.15, 0.2) is 36.4 Å². The van der Waals surface area contributed by atoms with Gasteiger partial charge in [-0.1, -0.05) is 72.6 Å². The predicted octanol–water partition coefficient (Wildman–Crippen LogP) is 4.09. The van der Waals surface area contributed by atoms with E-state index in [1.54, 1.807) is 0 Å². The second-order valence-corrected chi connectivity index (χ2v) is 8.29. The molecule has 1 aromatic rings. The zero-order valence-corrected chi connectivity index (χ0v) is 17.6. The number of aryl methyl sites for hydroxylation is 1. The molecule has 28 heavy (non-hydrogen) atoms. The van der Waals surface area contributed by atoms with Gasteiger partial charge in [0, 0.05) is 5.57 Å². The Labute approximate surface area is 178 Å². The first-order chi connectivity index (χ1) is 13.1. The molecule has 6 nitrogen and oxygen atoms in total. The largest absolute Gasteiger partial charge is 0.462 e. The van der Waals surface area contributed by atoms with Gasteiger partial charge in [-0.05, 0) is 17.5 Å². The lowest BCUT2D eigenvalue weighted by molar-refractivity contribution is -0.150. The van der Waals surface area contributed by atoms with E-state index in [4.69, 9.17) is 44.3 Å². The lowest BCUT2D eigenvalue weighted by Gasteiger charge is -2.11. The van der Waals surface area contributed by atoms with Crippen molar-refractivity contribution in [3.8, 4) is 0 Å². The van der Waals surface area contributed by atoms with Crippen molar-refractivity contribution in [2.75, 3.05) is 13.2 Å². The normalized spacial score (nSPS) is 10.9. The molecule has 0 aromatic heterocycles. The van der Waals surface area contributed by atoms with Crippen LogP contribution in [0.2, 0.25) is 0 Å². The third kappa shape index (κ3) is 10.5. The van der Waals surface area contributed by atoms with Crippen molar-refractivity contribution in [3.63, 3.8) is 0 Å². The van der Waals surface area contributed by atoms with E-state index in [2.05, 4.69) is 11.3 Å². The topological polar surface area (TPSA) is 78.9 Å². The van der Waals surface area contributed by atoms with Crippen molar-refractivity contribution >= 4 is 52.7 Å². The van der Waals surface area contributed by atoms with Gasteiger partial charge in [0.1, 0.15) is 19.8 Å². The maximum absolute atomic E-state index is 11.8. The summed E-state index contributed by atoms with van der Waals surface area (Å²) in [4.78, 5) is 35.0. The molecule has 1 aromatic carbocycles. The van der Waals surface area contributed by atoms with Crippen LogP contribution in [0.3, 0.4) is 0 Å². The lowest BCUT2D eigenvalue weighted by atomic mass is 10.1. The molecule has 0 aliphatic heterocycles. The molecule has 0 saturated heterocycles. The number of esters is 3. The first-order valence-electron chi connectivity index (χ1n) is 8.41. The second-order valence-electron chi connectivity index (χ2n) is 5.77. The Kier molecular flexibility index (Phi) is 10.4. The quantitative estimate of drug-likeness (QED) is 0.231. The van der Waals surface area contributed by atoms with E-state index in [9.17, 15) is 14.4 Å². The maximum atomic E-state index is 11.8. The molecule has 0 atom stereocenters. The summed E-state index contributed by atoms with van der Waals surface area (Å²) in [6.45, 7) is 4.97. The van der Waals surface area contributed by atoms with Gasteiger partial charge < -0.3 is 14.2 Å². The highest BCUT2D eigenvalue weighted by Gasteiger charge is 2.22. The van der Waals surface area contributed by atoms with Crippen molar-refractivity contribution in [2.24, 2.45) is 0 Å². The molecule has 0 bridgehead atoms. The Balaban J connectivity index is 2.26. The van der Waals surface area contributed by atoms with E-state index >= 15 is 0 Å². The fourth-order valence-electron chi connectivity index (χ4n) is 1.90. The van der Waals surface area contributed by atoms with Gasteiger partial charge in [0.05, 0.1) is 12.8 Å². The summed E-state index contributed by atoms with van der Waals surface area (Å²) in [5.41, 5.74) is 1.94. The molecule has 0 unspecified atom stereocenters. The number of hydrogen-bond acceptors (Lipinski definition) is 6. The Morgan fingerprint density at radius 1 is 0.964 bits per heavy atom. The molecule has 0 aliphatic carbocycles. The van der Waals surface area contributed by atoms with Crippen LogP contribution in [-0.2, 0) is 41.6 Å². The highest BCUT2D eigenvalue weighted by Crippen LogP contribution is 2.26. The monoisotopic (exact) mass is 450 g/mol. The van der Waals surface area contributed by atoms with Gasteiger partial charge >= 0.3 is 17.9 Å². The fraction of sp³-hybridized carbons (Fsp3) is 0.421. The third-order valence-corrected chi connectivity index (χ3v) is 3.74. The van der Waals surface area contributed by atoms with Gasteiger partial charge in [0.2, 0.25) is 3.79 Å². The summed E-state index contributed by atoms with van der Waals surface area (Å²) in [6.07, 6.45) is 0.383. The minimum absolute atomic E-state index is 0.0824. The second kappa shape index (κ2) is 11.9. The molecule has 0 aliphatic rings. The average molecular weight is 452 g/mol. The van der Waals surface area contributed by atoms with Crippen molar-refractivity contribution in [1.29, 1.82) is 0 Å². The Morgan fingerprint density at radius 2 is 1.57 bits per heavy atom. The number of hydrogen-bond donors (Lipinski definition) is 0. The molecule has 9 heteroatoms. The number of rotatable bonds is 10. The number of carbonyl (C=O) groups is 3. The number of halogens is 3. The highest BCUT2D eigenvalue weighted by atomic mass is 35.6. The summed E-state index contributed by atoms with van der Waals surface area (Å²) in [6, 6.07) is 7.66. The Bertz CT molecular complexity index is 695. The summed E-state index contributed by atoms with van der Waals surface area (Å²) < 4.78 is 12.9. The predicted molar refractivity (Wildman–Crippen MR) is 106 cm³/mol. The molecule has 0 N–H and O–H groups in total. The van der Waals surface area contributed by atoms with Crippen molar-refractivity contribution in [3.05, 3.63) is 47.5 Å². The lowest BCUT2D eigenvalue weighted by Crippen LogP contribution is -2.19. The number of ether oxygens (including phenoxy) is 3. The minimum Gasteiger partial charge on any atom is -0.462 e. The van der Waals surface area contributed by atoms with Crippen LogP contribution in [0.4, 0.5) is 0 Å². The van der Waals surface area contributed by atoms with Crippen LogP contribution >= 0.6 is 34.8 Å². The van der Waals surface area contributed by atoms with E-state index in [1.165, 1.54) is 5.56 Å². The molecular formula is C19H21Cl3O6. The first-order valence-corrected chi connectivity index (χ1v) is 9.54. The molecule has 0 spiro atoms. The summed E-state index contributed by atoms with van der Waals surface area (Å²) in [5.74, 6) is -2.11. The summed E-state index contributed by atoms with van der Waals surface area (Å²) in [7, 11) is 0. The van der Waals surface area contributed by atoms with Crippen LogP contribution < -0.4 is 0 Å². The van der Waals surface area contributed by atoms with E-state index < -0.39 is 28.3 Å². The average Bonchev–Trinajstić information content (AvgIpc) is 2.64. The molecule has 0 heterocycles. The molecular weight excluding hydrogens is 431 g/mol. The standard InChI is InChI=1S/C19H21Cl3O6/c1-3-14-4-6-15(7-5-14)11-27-17(24)10-13(2)18(25)26-9-8-16(23)28-12-19(20,21)22/h4-7H,2-3,8-12H2,1H3. The molecule has 154 valence electrons. The Morgan fingerprint density at radius 3 is 2.14 bits per heavy atom. The van der Waals surface area contributed by atoms with Crippen LogP contribution in [-0.4, -0.2) is 34.9 Å². The van der Waals surface area contributed by atoms with Crippen molar-refractivity contribution in [2.45, 2.75) is 36.6 Å². The number of benzene rings is 1. The van der Waals surface area contributed by atoms with E-state index in [0.717, 1.165) is 12.0 Å². The van der Waals surface area contributed by atoms with Crippen LogP contribution in [0.25, 0.3) is 0 Å². The first kappa shape index (κ1) is 24.3. The van der Waals surface area contributed by atoms with Crippen LogP contribution in [0.5, 0.6) is 0 Å². The van der Waals surface area contributed by atoms with Crippen molar-refractivity contribution in [1.82, 2.24) is 0 Å². The third-order valence-electron chi connectivity index (χ3n) is 3.41. The van der Waals surface area contributed by atoms with Gasteiger partial charge in [0.25, 0.3) is 0 Å². The smallest absolute Gasteiger partial charge is 0.334 e. The van der Waals surface area contributed by atoms with Gasteiger partial charge in [0.15, 0.2) is 0 Å². The fourth-order valence-corrected chi connectivity index (χ4v) is 2.06. The van der Waals surface area contributed by atoms with Crippen LogP contribution in [0.1, 0.15) is 30.9 Å². The minimum atomic E-state index is -1.71.